The summed E-state index contributed by atoms with van der Waals surface area (Å²) in [6, 6.07) is 9.53. The van der Waals surface area contributed by atoms with Crippen LogP contribution >= 0.6 is 0 Å². The summed E-state index contributed by atoms with van der Waals surface area (Å²) in [6.45, 7) is 3.61. The second kappa shape index (κ2) is 5.19. The van der Waals surface area contributed by atoms with E-state index in [-0.39, 0.29) is 11.8 Å². The first-order valence-corrected chi connectivity index (χ1v) is 6.44. The summed E-state index contributed by atoms with van der Waals surface area (Å²) in [7, 11) is 2.02. The van der Waals surface area contributed by atoms with Crippen LogP contribution in [-0.4, -0.2) is 31.4 Å². The topological polar surface area (TPSA) is 40.5 Å². The van der Waals surface area contributed by atoms with E-state index in [1.54, 1.807) is 10.6 Å². The van der Waals surface area contributed by atoms with Crippen molar-refractivity contribution in [3.8, 4) is 0 Å². The van der Waals surface area contributed by atoms with Gasteiger partial charge in [0.05, 0.1) is 25.3 Å². The van der Waals surface area contributed by atoms with Crippen molar-refractivity contribution in [2.75, 3.05) is 13.2 Å². The Morgan fingerprint density at radius 2 is 2.00 bits per heavy atom. The van der Waals surface area contributed by atoms with Gasteiger partial charge in [-0.25, -0.2) is 0 Å². The lowest BCUT2D eigenvalue weighted by Crippen LogP contribution is -2.27. The van der Waals surface area contributed by atoms with E-state index in [0.717, 1.165) is 16.4 Å². The van der Waals surface area contributed by atoms with E-state index in [9.17, 15) is 4.79 Å². The Labute approximate surface area is 112 Å². The Bertz CT molecular complexity index is 647. The molecule has 2 heterocycles. The van der Waals surface area contributed by atoms with Crippen LogP contribution in [0.1, 0.15) is 0 Å². The fourth-order valence-electron chi connectivity index (χ4n) is 2.33. The normalized spacial score (nSPS) is 16.1. The Balaban J connectivity index is 2.08. The number of nitrogens with zero attached hydrogens (tertiary/aromatic N) is 1. The molecule has 1 aromatic carbocycles. The van der Waals surface area contributed by atoms with Gasteiger partial charge in [0, 0.05) is 6.07 Å². The lowest BCUT2D eigenvalue weighted by Gasteiger charge is -2.14. The zero-order chi connectivity index (χ0) is 13.2. The average molecular weight is 256 g/mol. The number of hydrogen-bond acceptors (Lipinski definition) is 3. The van der Waals surface area contributed by atoms with E-state index in [1.807, 2.05) is 38.4 Å². The Morgan fingerprint density at radius 3 is 2.74 bits per heavy atom. The molecule has 1 saturated heterocycles. The zero-order valence-corrected chi connectivity index (χ0v) is 10.8. The van der Waals surface area contributed by atoms with E-state index >= 15 is 0 Å². The Hall–Kier alpha value is -1.59. The molecule has 0 N–H and O–H groups in total. The molecule has 1 radical (unpaired) electrons. The minimum Gasteiger partial charge on any atom is -0.348 e. The number of aromatic nitrogens is 1. The number of benzene rings is 1. The van der Waals surface area contributed by atoms with Crippen LogP contribution in [-0.2, 0) is 16.0 Å². The third-order valence-corrected chi connectivity index (χ3v) is 3.37. The molecule has 0 aliphatic carbocycles. The highest BCUT2D eigenvalue weighted by molar-refractivity contribution is 6.52. The number of hydrogen-bond donors (Lipinski definition) is 0. The summed E-state index contributed by atoms with van der Waals surface area (Å²) in [5, 5.41) is 1.04. The second-order valence-electron chi connectivity index (χ2n) is 4.56. The zero-order valence-electron chi connectivity index (χ0n) is 10.8. The predicted molar refractivity (Wildman–Crippen MR) is 75.2 cm³/mol. The molecule has 5 heteroatoms. The van der Waals surface area contributed by atoms with Crippen molar-refractivity contribution in [3.05, 3.63) is 40.7 Å². The summed E-state index contributed by atoms with van der Waals surface area (Å²) >= 11 is 0. The summed E-state index contributed by atoms with van der Waals surface area (Å²) in [4.78, 5) is 12.1. The molecular formula is C14H15BNO3. The van der Waals surface area contributed by atoms with Crippen LogP contribution in [0.4, 0.5) is 0 Å². The molecule has 1 fully saturated rings. The maximum atomic E-state index is 12.1. The molecule has 19 heavy (non-hydrogen) atoms. The maximum absolute atomic E-state index is 12.1. The van der Waals surface area contributed by atoms with Crippen molar-refractivity contribution in [1.82, 2.24) is 4.57 Å². The Kier molecular flexibility index (Phi) is 3.40. The lowest BCUT2D eigenvalue weighted by atomic mass is 9.73. The number of rotatable bonds is 3. The molecular weight excluding hydrogens is 241 g/mol. The molecule has 1 aliphatic rings. The number of ether oxygens (including phenoxy) is 2. The molecule has 1 aliphatic heterocycles. The molecule has 4 nitrogen and oxygen atoms in total. The number of fused-ring (bicyclic) bond motifs is 1. The van der Waals surface area contributed by atoms with E-state index in [0.29, 0.717) is 19.8 Å². The van der Waals surface area contributed by atoms with Gasteiger partial charge in [0.1, 0.15) is 7.28 Å². The quantitative estimate of drug-likeness (QED) is 0.761. The van der Waals surface area contributed by atoms with Crippen LogP contribution in [0.25, 0.3) is 10.9 Å². The van der Waals surface area contributed by atoms with E-state index < -0.39 is 0 Å². The van der Waals surface area contributed by atoms with Crippen LogP contribution < -0.4 is 11.0 Å². The highest BCUT2D eigenvalue weighted by Crippen LogP contribution is 2.13. The first-order chi connectivity index (χ1) is 9.28. The van der Waals surface area contributed by atoms with Gasteiger partial charge in [0.2, 0.25) is 0 Å². The number of pyridine rings is 1. The van der Waals surface area contributed by atoms with Crippen molar-refractivity contribution < 1.29 is 9.47 Å². The standard InChI is InChI=1S/C14H15BNO3/c1-15-11-4-2-10-3-5-13(17)16(12(10)8-11)9-14-18-6-7-19-14/h2-5,8,14H,6-7,9H2,1H3. The van der Waals surface area contributed by atoms with Crippen molar-refractivity contribution in [3.63, 3.8) is 0 Å². The van der Waals surface area contributed by atoms with E-state index in [1.165, 1.54) is 0 Å². The third kappa shape index (κ3) is 2.44. The van der Waals surface area contributed by atoms with Gasteiger partial charge in [-0.15, -0.1) is 0 Å². The molecule has 0 saturated carbocycles. The highest BCUT2D eigenvalue weighted by atomic mass is 16.7. The van der Waals surface area contributed by atoms with Gasteiger partial charge in [-0.2, -0.15) is 0 Å². The largest absolute Gasteiger partial charge is 0.348 e. The minimum absolute atomic E-state index is 0.0279. The lowest BCUT2D eigenvalue weighted by molar-refractivity contribution is -0.0522. The maximum Gasteiger partial charge on any atom is 0.251 e. The SMILES string of the molecule is C[B]c1ccc2ccc(=O)n(CC3OCCO3)c2c1. The average Bonchev–Trinajstić information content (AvgIpc) is 2.94. The second-order valence-corrected chi connectivity index (χ2v) is 4.56. The van der Waals surface area contributed by atoms with Crippen molar-refractivity contribution in [2.24, 2.45) is 0 Å². The molecule has 0 unspecified atom stereocenters. The molecule has 2 aromatic rings. The first-order valence-electron chi connectivity index (χ1n) is 6.44. The smallest absolute Gasteiger partial charge is 0.251 e. The molecule has 0 spiro atoms. The van der Waals surface area contributed by atoms with Gasteiger partial charge in [-0.3, -0.25) is 4.79 Å². The molecule has 0 bridgehead atoms. The van der Waals surface area contributed by atoms with Crippen molar-refractivity contribution >= 4 is 23.6 Å². The summed E-state index contributed by atoms with van der Waals surface area (Å²) < 4.78 is 12.6. The minimum atomic E-state index is -0.322. The van der Waals surface area contributed by atoms with Crippen LogP contribution in [0.15, 0.2) is 35.1 Å². The first kappa shape index (κ1) is 12.4. The van der Waals surface area contributed by atoms with E-state index in [4.69, 9.17) is 9.47 Å². The van der Waals surface area contributed by atoms with Crippen LogP contribution in [0, 0.1) is 0 Å². The van der Waals surface area contributed by atoms with Crippen molar-refractivity contribution in [1.29, 1.82) is 0 Å². The van der Waals surface area contributed by atoms with Gasteiger partial charge >= 0.3 is 0 Å². The molecule has 0 atom stereocenters. The third-order valence-electron chi connectivity index (χ3n) is 3.37. The van der Waals surface area contributed by atoms with Crippen molar-refractivity contribution in [2.45, 2.75) is 19.7 Å². The van der Waals surface area contributed by atoms with Crippen LogP contribution in [0.3, 0.4) is 0 Å². The molecule has 3 rings (SSSR count). The molecule has 1 aromatic heterocycles. The summed E-state index contributed by atoms with van der Waals surface area (Å²) in [5.41, 5.74) is 1.99. The van der Waals surface area contributed by atoms with Gasteiger partial charge in [-0.1, -0.05) is 24.4 Å². The van der Waals surface area contributed by atoms with E-state index in [2.05, 4.69) is 0 Å². The van der Waals surface area contributed by atoms with Crippen LogP contribution in [0.2, 0.25) is 6.82 Å². The molecule has 0 amide bonds. The van der Waals surface area contributed by atoms with Gasteiger partial charge in [0.15, 0.2) is 6.29 Å². The highest BCUT2D eigenvalue weighted by Gasteiger charge is 2.18. The fraction of sp³-hybridized carbons (Fsp3) is 0.357. The van der Waals surface area contributed by atoms with Gasteiger partial charge < -0.3 is 14.0 Å². The summed E-state index contributed by atoms with van der Waals surface area (Å²) in [5.74, 6) is 0. The van der Waals surface area contributed by atoms with Gasteiger partial charge in [0.25, 0.3) is 5.56 Å². The predicted octanol–water partition coefficient (Wildman–Crippen LogP) is 0.752. The molecule has 97 valence electrons. The fourth-order valence-corrected chi connectivity index (χ4v) is 2.33. The summed E-state index contributed by atoms with van der Waals surface area (Å²) in [6.07, 6.45) is -0.322. The van der Waals surface area contributed by atoms with Crippen LogP contribution in [0.5, 0.6) is 0 Å². The monoisotopic (exact) mass is 256 g/mol. The van der Waals surface area contributed by atoms with Gasteiger partial charge in [-0.05, 0) is 17.5 Å². The Morgan fingerprint density at radius 1 is 1.26 bits per heavy atom.